The first kappa shape index (κ1) is 12.3. The largest absolute Gasteiger partial charge is 0.497 e. The molecule has 0 aliphatic carbocycles. The van der Waals surface area contributed by atoms with Crippen molar-refractivity contribution in [1.29, 1.82) is 0 Å². The van der Waals surface area contributed by atoms with Crippen LogP contribution in [-0.4, -0.2) is 36.9 Å². The number of likely N-dealkylation sites (tertiary alicyclic amines) is 1. The molecule has 0 bridgehead atoms. The average molecular weight is 312 g/mol. The Labute approximate surface area is 127 Å². The molecule has 1 amide bonds. The van der Waals surface area contributed by atoms with E-state index in [1.807, 2.05) is 0 Å². The van der Waals surface area contributed by atoms with Crippen molar-refractivity contribution < 1.29 is 25.4 Å². The predicted molar refractivity (Wildman–Crippen MR) is 74.3 cm³/mol. The predicted octanol–water partition coefficient (Wildman–Crippen LogP) is 2.96. The van der Waals surface area contributed by atoms with Gasteiger partial charge in [0.25, 0.3) is 0 Å². The van der Waals surface area contributed by atoms with Crippen LogP contribution in [0.3, 0.4) is 0 Å². The fourth-order valence-electron chi connectivity index (χ4n) is 2.86. The van der Waals surface area contributed by atoms with Gasteiger partial charge in [-0.1, -0.05) is 6.53 Å². The molecule has 0 saturated carbocycles. The Kier molecular flexibility index (Phi) is 2.56. The minimum atomic E-state index is -5.07. The second-order valence-electron chi connectivity index (χ2n) is 5.17. The highest BCUT2D eigenvalue weighted by molar-refractivity contribution is 5.93. The maximum atomic E-state index is 12.8. The Balaban J connectivity index is 2.13. The van der Waals surface area contributed by atoms with Gasteiger partial charge in [-0.3, -0.25) is 9.79 Å². The number of hydrogen-bond acceptors (Lipinski definition) is 3. The lowest BCUT2D eigenvalue weighted by Crippen LogP contribution is -2.40. The number of fused-ring (bicyclic) bond motifs is 2. The van der Waals surface area contributed by atoms with Crippen LogP contribution in [0.15, 0.2) is 35.4 Å². The number of alkyl halides is 3. The van der Waals surface area contributed by atoms with Crippen molar-refractivity contribution in [3.8, 4) is 5.75 Å². The summed E-state index contributed by atoms with van der Waals surface area (Å²) in [5.41, 5.74) is -0.438. The Morgan fingerprint density at radius 1 is 1.55 bits per heavy atom. The highest BCUT2D eigenvalue weighted by Crippen LogP contribution is 2.49. The summed E-state index contributed by atoms with van der Waals surface area (Å²) < 4.78 is 58.9. The molecule has 7 heteroatoms. The van der Waals surface area contributed by atoms with Gasteiger partial charge < -0.3 is 9.64 Å². The molecule has 116 valence electrons. The number of carbonyl (C=O) groups is 1. The van der Waals surface area contributed by atoms with E-state index in [1.165, 1.54) is 13.3 Å². The maximum Gasteiger partial charge on any atom is 0.471 e. The summed E-state index contributed by atoms with van der Waals surface area (Å²) in [6, 6.07) is 4.93. The summed E-state index contributed by atoms with van der Waals surface area (Å²) in [5, 5.41) is 0. The van der Waals surface area contributed by atoms with Crippen molar-refractivity contribution in [3.63, 3.8) is 0 Å². The van der Waals surface area contributed by atoms with Gasteiger partial charge >= 0.3 is 12.1 Å². The summed E-state index contributed by atoms with van der Waals surface area (Å²) >= 11 is 0. The smallest absolute Gasteiger partial charge is 0.471 e. The third-order valence-electron chi connectivity index (χ3n) is 4.02. The first-order valence-electron chi connectivity index (χ1n) is 7.51. The number of amides is 1. The molecule has 4 nitrogen and oxygen atoms in total. The molecule has 1 saturated heterocycles. The number of allylic oxidation sites excluding steroid dienone is 1. The van der Waals surface area contributed by atoms with Crippen molar-refractivity contribution in [2.24, 2.45) is 4.99 Å². The molecule has 1 unspecified atom stereocenters. The monoisotopic (exact) mass is 312 g/mol. The Hall–Kier alpha value is -2.31. The van der Waals surface area contributed by atoms with Crippen molar-refractivity contribution in [1.82, 2.24) is 4.90 Å². The average Bonchev–Trinajstić information content (AvgIpc) is 3.08. The Morgan fingerprint density at radius 2 is 2.32 bits per heavy atom. The minimum absolute atomic E-state index is 0.120. The van der Waals surface area contributed by atoms with E-state index < -0.39 is 24.0 Å². The van der Waals surface area contributed by atoms with Crippen LogP contribution in [0.1, 0.15) is 14.7 Å². The van der Waals surface area contributed by atoms with Gasteiger partial charge in [0.1, 0.15) is 5.75 Å². The molecule has 0 aromatic heterocycles. The van der Waals surface area contributed by atoms with E-state index in [1.54, 1.807) is 18.2 Å². The zero-order valence-electron chi connectivity index (χ0n) is 13.6. The second kappa shape index (κ2) is 4.59. The molecule has 22 heavy (non-hydrogen) atoms. The minimum Gasteiger partial charge on any atom is -0.497 e. The maximum absolute atomic E-state index is 12.8. The van der Waals surface area contributed by atoms with Crippen molar-refractivity contribution in [2.75, 3.05) is 13.7 Å². The van der Waals surface area contributed by atoms with Gasteiger partial charge in [-0.05, 0) is 30.2 Å². The molecule has 3 rings (SSSR count). The van der Waals surface area contributed by atoms with Gasteiger partial charge in [-0.25, -0.2) is 0 Å². The number of aliphatic imine (C=N–C) groups is 1. The SMILES string of the molecule is [2H]C([2H])=C1N(C(=O)C(F)(F)F)CCC12C=Nc1ccc(OC)cc12. The topological polar surface area (TPSA) is 41.9 Å². The first-order valence-corrected chi connectivity index (χ1v) is 6.51. The molecule has 1 aromatic rings. The van der Waals surface area contributed by atoms with E-state index in [-0.39, 0.29) is 18.7 Å². The molecule has 0 N–H and O–H groups in total. The molecule has 1 atom stereocenters. The van der Waals surface area contributed by atoms with Gasteiger partial charge in [-0.15, -0.1) is 0 Å². The van der Waals surface area contributed by atoms with Crippen LogP contribution in [0, 0.1) is 0 Å². The van der Waals surface area contributed by atoms with Crippen LogP contribution in [-0.2, 0) is 10.2 Å². The van der Waals surface area contributed by atoms with Gasteiger partial charge in [0.2, 0.25) is 0 Å². The van der Waals surface area contributed by atoms with Crippen LogP contribution < -0.4 is 4.74 Å². The number of halogens is 3. The van der Waals surface area contributed by atoms with Crippen molar-refractivity contribution >= 4 is 17.8 Å². The molecule has 1 fully saturated rings. The molecule has 0 radical (unpaired) electrons. The summed E-state index contributed by atoms with van der Waals surface area (Å²) in [6.45, 7) is -1.08. The molecule has 2 aliphatic heterocycles. The fourth-order valence-corrected chi connectivity index (χ4v) is 2.86. The van der Waals surface area contributed by atoms with Crippen LogP contribution in [0.2, 0.25) is 0 Å². The third-order valence-corrected chi connectivity index (χ3v) is 4.02. The third kappa shape index (κ3) is 1.92. The lowest BCUT2D eigenvalue weighted by molar-refractivity contribution is -0.182. The lowest BCUT2D eigenvalue weighted by Gasteiger charge is -2.26. The van der Waals surface area contributed by atoms with E-state index in [2.05, 4.69) is 4.99 Å². The van der Waals surface area contributed by atoms with Gasteiger partial charge in [0.15, 0.2) is 0 Å². The fraction of sp³-hybridized carbons (Fsp3) is 0.333. The van der Waals surface area contributed by atoms with E-state index >= 15 is 0 Å². The lowest BCUT2D eigenvalue weighted by atomic mass is 9.79. The van der Waals surface area contributed by atoms with Gasteiger partial charge in [-0.2, -0.15) is 13.2 Å². The van der Waals surface area contributed by atoms with Gasteiger partial charge in [0, 0.05) is 18.5 Å². The first-order chi connectivity index (χ1) is 11.2. The molecule has 2 aliphatic rings. The highest BCUT2D eigenvalue weighted by Gasteiger charge is 2.53. The number of ether oxygens (including phenoxy) is 1. The van der Waals surface area contributed by atoms with Crippen LogP contribution in [0.25, 0.3) is 0 Å². The van der Waals surface area contributed by atoms with Crippen LogP contribution in [0.4, 0.5) is 18.9 Å². The molecule has 1 aromatic carbocycles. The number of benzene rings is 1. The summed E-state index contributed by atoms with van der Waals surface area (Å²) in [6.07, 6.45) is -3.53. The number of hydrogen-bond donors (Lipinski definition) is 0. The standard InChI is InChI=1S/C15H13F3N2O2/c1-9-14(5-6-20(9)13(21)15(16,17)18)8-19-12-4-3-10(22-2)7-11(12)14/h3-4,7-8H,1,5-6H2,2H3/i1D2. The quantitative estimate of drug-likeness (QED) is 0.800. The highest BCUT2D eigenvalue weighted by atomic mass is 19.4. The zero-order valence-corrected chi connectivity index (χ0v) is 11.6. The Bertz CT molecular complexity index is 772. The number of rotatable bonds is 1. The Morgan fingerprint density at radius 3 is 2.95 bits per heavy atom. The van der Waals surface area contributed by atoms with E-state index in [9.17, 15) is 18.0 Å². The van der Waals surface area contributed by atoms with E-state index in [0.29, 0.717) is 21.9 Å². The number of nitrogens with zero attached hydrogens (tertiary/aromatic N) is 2. The van der Waals surface area contributed by atoms with E-state index in [4.69, 9.17) is 7.48 Å². The van der Waals surface area contributed by atoms with Crippen molar-refractivity contribution in [3.05, 3.63) is 36.0 Å². The summed E-state index contributed by atoms with van der Waals surface area (Å²) in [5.74, 6) is -1.59. The molecule has 2 heterocycles. The molecular formula is C15H13F3N2O2. The van der Waals surface area contributed by atoms with Crippen LogP contribution >= 0.6 is 0 Å². The summed E-state index contributed by atoms with van der Waals surface area (Å²) in [4.78, 5) is 16.4. The molecule has 1 spiro atoms. The van der Waals surface area contributed by atoms with Crippen molar-refractivity contribution in [2.45, 2.75) is 18.0 Å². The summed E-state index contributed by atoms with van der Waals surface area (Å²) in [7, 11) is 1.45. The van der Waals surface area contributed by atoms with E-state index in [0.717, 1.165) is 0 Å². The normalized spacial score (nSPS) is 24.4. The molecular weight excluding hydrogens is 297 g/mol. The van der Waals surface area contributed by atoms with Gasteiger partial charge in [0.05, 0.1) is 21.0 Å². The number of methoxy groups -OCH3 is 1. The zero-order chi connectivity index (χ0) is 17.7. The second-order valence-corrected chi connectivity index (χ2v) is 5.17. The number of carbonyl (C=O) groups excluding carboxylic acids is 1. The van der Waals surface area contributed by atoms with Crippen LogP contribution in [0.5, 0.6) is 5.75 Å².